The number of rotatable bonds is 3. The Hall–Kier alpha value is -2.22. The van der Waals surface area contributed by atoms with E-state index in [9.17, 15) is 9.59 Å². The average molecular weight is 406 g/mol. The largest absolute Gasteiger partial charge is 0.467 e. The highest BCUT2D eigenvalue weighted by Gasteiger charge is 2.19. The van der Waals surface area contributed by atoms with Crippen molar-refractivity contribution in [2.75, 3.05) is 17.9 Å². The van der Waals surface area contributed by atoms with Crippen LogP contribution in [0, 0.1) is 0 Å². The maximum absolute atomic E-state index is 12.5. The molecule has 0 saturated heterocycles. The summed E-state index contributed by atoms with van der Waals surface area (Å²) in [6.45, 7) is 0.580. The Morgan fingerprint density at radius 3 is 3.07 bits per heavy atom. The fourth-order valence-corrected chi connectivity index (χ4v) is 4.14. The van der Waals surface area contributed by atoms with Gasteiger partial charge in [-0.3, -0.25) is 4.79 Å². The first kappa shape index (κ1) is 18.2. The van der Waals surface area contributed by atoms with Crippen LogP contribution in [0.25, 0.3) is 0 Å². The monoisotopic (exact) mass is 405 g/mol. The number of hydrogen-bond donors (Lipinski definition) is 1. The van der Waals surface area contributed by atoms with Gasteiger partial charge in [0.2, 0.25) is 5.91 Å². The summed E-state index contributed by atoms with van der Waals surface area (Å²) in [5.41, 5.74) is 2.52. The Labute approximate surface area is 165 Å². The SMILES string of the molecule is O=C1CCSc2ccc(C(=O)OCc3cc(Cl)cc4c3OCOC4)cc2N1. The van der Waals surface area contributed by atoms with E-state index in [4.69, 9.17) is 25.8 Å². The number of carbonyl (C=O) groups excluding carboxylic acids is 2. The molecule has 0 spiro atoms. The van der Waals surface area contributed by atoms with Crippen LogP contribution >= 0.6 is 23.4 Å². The third-order valence-electron chi connectivity index (χ3n) is 4.19. The second-order valence-electron chi connectivity index (χ2n) is 6.10. The van der Waals surface area contributed by atoms with Gasteiger partial charge in [-0.2, -0.15) is 0 Å². The minimum atomic E-state index is -0.484. The highest BCUT2D eigenvalue weighted by atomic mass is 35.5. The van der Waals surface area contributed by atoms with Crippen molar-refractivity contribution in [1.29, 1.82) is 0 Å². The molecule has 1 N–H and O–H groups in total. The smallest absolute Gasteiger partial charge is 0.338 e. The first-order valence-electron chi connectivity index (χ1n) is 8.36. The molecule has 1 amide bonds. The summed E-state index contributed by atoms with van der Waals surface area (Å²) < 4.78 is 16.2. The van der Waals surface area contributed by atoms with Crippen LogP contribution in [0.15, 0.2) is 35.2 Å². The Balaban J connectivity index is 1.51. The molecular formula is C19H16ClNO5S. The molecule has 0 radical (unpaired) electrons. The van der Waals surface area contributed by atoms with Gasteiger partial charge in [0, 0.05) is 33.2 Å². The van der Waals surface area contributed by atoms with Gasteiger partial charge < -0.3 is 19.5 Å². The lowest BCUT2D eigenvalue weighted by atomic mass is 10.1. The van der Waals surface area contributed by atoms with Gasteiger partial charge in [-0.05, 0) is 30.3 Å². The first-order valence-corrected chi connectivity index (χ1v) is 9.72. The van der Waals surface area contributed by atoms with Crippen molar-refractivity contribution in [3.8, 4) is 5.75 Å². The number of thioether (sulfide) groups is 1. The van der Waals surface area contributed by atoms with Crippen molar-refractivity contribution in [2.45, 2.75) is 24.5 Å². The van der Waals surface area contributed by atoms with Gasteiger partial charge in [-0.1, -0.05) is 11.6 Å². The average Bonchev–Trinajstić information content (AvgIpc) is 2.85. The van der Waals surface area contributed by atoms with Crippen LogP contribution in [-0.2, 0) is 27.5 Å². The summed E-state index contributed by atoms with van der Waals surface area (Å²) in [6.07, 6.45) is 0.447. The molecule has 0 fully saturated rings. The zero-order valence-electron chi connectivity index (χ0n) is 14.2. The molecule has 0 aromatic heterocycles. The molecule has 0 aliphatic carbocycles. The van der Waals surface area contributed by atoms with Crippen molar-refractivity contribution in [1.82, 2.24) is 0 Å². The number of nitrogens with one attached hydrogen (secondary N) is 1. The minimum absolute atomic E-state index is 0.0277. The van der Waals surface area contributed by atoms with E-state index < -0.39 is 5.97 Å². The number of halogens is 1. The number of amides is 1. The number of hydrogen-bond acceptors (Lipinski definition) is 6. The van der Waals surface area contributed by atoms with E-state index in [1.54, 1.807) is 36.0 Å². The number of fused-ring (bicyclic) bond motifs is 2. The number of carbonyl (C=O) groups is 2. The first-order chi connectivity index (χ1) is 13.1. The molecule has 140 valence electrons. The lowest BCUT2D eigenvalue weighted by Gasteiger charge is -2.21. The second-order valence-corrected chi connectivity index (χ2v) is 7.67. The van der Waals surface area contributed by atoms with Gasteiger partial charge >= 0.3 is 5.97 Å². The molecule has 6 nitrogen and oxygen atoms in total. The van der Waals surface area contributed by atoms with Crippen molar-refractivity contribution in [3.63, 3.8) is 0 Å². The Bertz CT molecular complexity index is 917. The predicted molar refractivity (Wildman–Crippen MR) is 101 cm³/mol. The summed E-state index contributed by atoms with van der Waals surface area (Å²) in [5.74, 6) is 0.814. The van der Waals surface area contributed by atoms with Crippen molar-refractivity contribution in [2.24, 2.45) is 0 Å². The fourth-order valence-electron chi connectivity index (χ4n) is 2.94. The molecule has 4 rings (SSSR count). The van der Waals surface area contributed by atoms with E-state index in [1.807, 2.05) is 6.07 Å². The van der Waals surface area contributed by atoms with E-state index in [-0.39, 0.29) is 19.3 Å². The molecule has 2 aromatic rings. The van der Waals surface area contributed by atoms with Gasteiger partial charge in [0.05, 0.1) is 17.9 Å². The van der Waals surface area contributed by atoms with Crippen LogP contribution in [0.1, 0.15) is 27.9 Å². The highest BCUT2D eigenvalue weighted by molar-refractivity contribution is 7.99. The Morgan fingerprint density at radius 1 is 1.30 bits per heavy atom. The third kappa shape index (κ3) is 4.05. The summed E-state index contributed by atoms with van der Waals surface area (Å²) in [4.78, 5) is 25.2. The number of esters is 1. The quantitative estimate of drug-likeness (QED) is 0.778. The van der Waals surface area contributed by atoms with Crippen LogP contribution in [0.3, 0.4) is 0 Å². The van der Waals surface area contributed by atoms with E-state index >= 15 is 0 Å². The molecule has 0 atom stereocenters. The van der Waals surface area contributed by atoms with Crippen LogP contribution in [-0.4, -0.2) is 24.4 Å². The molecule has 2 aliphatic rings. The molecule has 27 heavy (non-hydrogen) atoms. The molecule has 2 heterocycles. The standard InChI is InChI=1S/C19H16ClNO5S/c20-14-5-12-8-24-10-26-18(12)13(6-14)9-25-19(23)11-1-2-16-15(7-11)21-17(22)3-4-27-16/h1-2,5-7H,3-4,8-10H2,(H,21,22). The molecule has 0 saturated carbocycles. The number of anilines is 1. The maximum atomic E-state index is 12.5. The topological polar surface area (TPSA) is 73.9 Å². The number of ether oxygens (including phenoxy) is 3. The van der Waals surface area contributed by atoms with Crippen LogP contribution in [0.4, 0.5) is 5.69 Å². The lowest BCUT2D eigenvalue weighted by Crippen LogP contribution is -2.14. The Kier molecular flexibility index (Phi) is 5.24. The minimum Gasteiger partial charge on any atom is -0.467 e. The predicted octanol–water partition coefficient (Wildman–Crippen LogP) is 4.00. The van der Waals surface area contributed by atoms with Crippen LogP contribution in [0.5, 0.6) is 5.75 Å². The summed E-state index contributed by atoms with van der Waals surface area (Å²) in [7, 11) is 0. The van der Waals surface area contributed by atoms with Gasteiger partial charge in [-0.25, -0.2) is 4.79 Å². The lowest BCUT2D eigenvalue weighted by molar-refractivity contribution is -0.115. The van der Waals surface area contributed by atoms with Crippen molar-refractivity contribution in [3.05, 3.63) is 52.0 Å². The summed E-state index contributed by atoms with van der Waals surface area (Å²) in [5, 5.41) is 3.35. The third-order valence-corrected chi connectivity index (χ3v) is 5.48. The molecular weight excluding hydrogens is 390 g/mol. The van der Waals surface area contributed by atoms with E-state index in [2.05, 4.69) is 5.32 Å². The van der Waals surface area contributed by atoms with Gasteiger partial charge in [0.15, 0.2) is 6.79 Å². The fraction of sp³-hybridized carbons (Fsp3) is 0.263. The van der Waals surface area contributed by atoms with Crippen LogP contribution < -0.4 is 10.1 Å². The molecule has 8 heteroatoms. The second kappa shape index (κ2) is 7.80. The van der Waals surface area contributed by atoms with Gasteiger partial charge in [-0.15, -0.1) is 11.8 Å². The molecule has 2 aromatic carbocycles. The van der Waals surface area contributed by atoms with Crippen molar-refractivity contribution >= 4 is 40.9 Å². The van der Waals surface area contributed by atoms with Gasteiger partial charge in [0.25, 0.3) is 0 Å². The van der Waals surface area contributed by atoms with Crippen LogP contribution in [0.2, 0.25) is 5.02 Å². The molecule has 2 aliphatic heterocycles. The molecule has 0 unspecified atom stereocenters. The van der Waals surface area contributed by atoms with Crippen molar-refractivity contribution < 1.29 is 23.8 Å². The summed E-state index contributed by atoms with van der Waals surface area (Å²) in [6, 6.07) is 8.65. The Morgan fingerprint density at radius 2 is 2.19 bits per heavy atom. The van der Waals surface area contributed by atoms with E-state index in [0.717, 1.165) is 10.5 Å². The zero-order valence-corrected chi connectivity index (χ0v) is 15.8. The van der Waals surface area contributed by atoms with E-state index in [1.165, 1.54) is 0 Å². The molecule has 0 bridgehead atoms. The van der Waals surface area contributed by atoms with Gasteiger partial charge in [0.1, 0.15) is 12.4 Å². The highest BCUT2D eigenvalue weighted by Crippen LogP contribution is 2.33. The van der Waals surface area contributed by atoms with E-state index in [0.29, 0.717) is 46.4 Å². The normalized spacial score (nSPS) is 15.7. The summed E-state index contributed by atoms with van der Waals surface area (Å²) >= 11 is 7.71. The zero-order chi connectivity index (χ0) is 18.8. The maximum Gasteiger partial charge on any atom is 0.338 e. The number of benzene rings is 2.